The van der Waals surface area contributed by atoms with Gasteiger partial charge in [0.25, 0.3) is 0 Å². The van der Waals surface area contributed by atoms with E-state index in [9.17, 15) is 8.42 Å². The van der Waals surface area contributed by atoms with Gasteiger partial charge in [0.15, 0.2) is 0 Å². The Kier molecular flexibility index (Phi) is 6.60. The Morgan fingerprint density at radius 3 is 2.53 bits per heavy atom. The summed E-state index contributed by atoms with van der Waals surface area (Å²) in [7, 11) is -3.59. The first kappa shape index (κ1) is 16.1. The fourth-order valence-corrected chi connectivity index (χ4v) is 6.12. The van der Waals surface area contributed by atoms with E-state index >= 15 is 0 Å². The van der Waals surface area contributed by atoms with Crippen molar-refractivity contribution in [3.05, 3.63) is 13.1 Å². The van der Waals surface area contributed by atoms with Gasteiger partial charge in [-0.1, -0.05) is 23.2 Å². The fraction of sp³-hybridized carbons (Fsp3) is 0.500. The number of halogens is 3. The molecule has 0 saturated heterocycles. The van der Waals surface area contributed by atoms with Gasteiger partial charge in [-0.15, -0.1) is 11.3 Å². The van der Waals surface area contributed by atoms with Gasteiger partial charge in [0, 0.05) is 6.54 Å². The molecule has 1 aromatic heterocycles. The third kappa shape index (κ3) is 4.26. The van der Waals surface area contributed by atoms with Gasteiger partial charge in [0.1, 0.15) is 13.6 Å². The summed E-state index contributed by atoms with van der Waals surface area (Å²) in [6.07, 6.45) is 2.74. The standard InChI is InChI=1S/C8H10BrCl2NO2S3/c1-15-4-2-3-12-17(13,14)6-5(9)7(10)16-8(6)11/h12H,2-4H2,1H3. The Hall–Kier alpha value is 1.02. The summed E-state index contributed by atoms with van der Waals surface area (Å²) >= 11 is 17.5. The molecular formula is C8H10BrCl2NO2S3. The predicted molar refractivity (Wildman–Crippen MR) is 80.2 cm³/mol. The first-order chi connectivity index (χ1) is 7.90. The highest BCUT2D eigenvalue weighted by Gasteiger charge is 2.25. The Balaban J connectivity index is 2.83. The van der Waals surface area contributed by atoms with Crippen molar-refractivity contribution in [2.24, 2.45) is 0 Å². The lowest BCUT2D eigenvalue weighted by Crippen LogP contribution is -2.25. The summed E-state index contributed by atoms with van der Waals surface area (Å²) in [5, 5.41) is 0. The van der Waals surface area contributed by atoms with E-state index < -0.39 is 10.0 Å². The molecule has 1 heterocycles. The highest BCUT2D eigenvalue weighted by Crippen LogP contribution is 2.42. The maximum Gasteiger partial charge on any atom is 0.244 e. The van der Waals surface area contributed by atoms with Crippen molar-refractivity contribution < 1.29 is 8.42 Å². The average Bonchev–Trinajstić information content (AvgIpc) is 2.48. The van der Waals surface area contributed by atoms with Gasteiger partial charge in [-0.05, 0) is 34.4 Å². The van der Waals surface area contributed by atoms with Crippen LogP contribution in [0, 0.1) is 0 Å². The molecule has 0 aliphatic heterocycles. The smallest absolute Gasteiger partial charge is 0.211 e. The quantitative estimate of drug-likeness (QED) is 0.740. The van der Waals surface area contributed by atoms with Crippen LogP contribution in [0.3, 0.4) is 0 Å². The molecule has 0 bridgehead atoms. The average molecular weight is 399 g/mol. The normalized spacial score (nSPS) is 12.0. The summed E-state index contributed by atoms with van der Waals surface area (Å²) in [6, 6.07) is 0. The third-order valence-corrected chi connectivity index (χ3v) is 7.44. The van der Waals surface area contributed by atoms with E-state index in [0.717, 1.165) is 23.5 Å². The molecule has 0 spiro atoms. The summed E-state index contributed by atoms with van der Waals surface area (Å²) in [6.45, 7) is 0.388. The molecule has 17 heavy (non-hydrogen) atoms. The minimum Gasteiger partial charge on any atom is -0.211 e. The second-order valence-corrected chi connectivity index (χ2v) is 8.74. The van der Waals surface area contributed by atoms with Gasteiger partial charge in [0.05, 0.1) is 4.47 Å². The van der Waals surface area contributed by atoms with Crippen molar-refractivity contribution in [1.82, 2.24) is 4.72 Å². The molecule has 0 radical (unpaired) electrons. The van der Waals surface area contributed by atoms with Crippen molar-refractivity contribution in [3.8, 4) is 0 Å². The summed E-state index contributed by atoms with van der Waals surface area (Å²) in [4.78, 5) is 0.0262. The van der Waals surface area contributed by atoms with Crippen molar-refractivity contribution in [1.29, 1.82) is 0 Å². The molecule has 0 amide bonds. The zero-order valence-corrected chi connectivity index (χ0v) is 14.3. The first-order valence-corrected chi connectivity index (χ1v) is 9.76. The van der Waals surface area contributed by atoms with Crippen LogP contribution in [0.2, 0.25) is 8.67 Å². The monoisotopic (exact) mass is 397 g/mol. The second kappa shape index (κ2) is 6.98. The highest BCUT2D eigenvalue weighted by molar-refractivity contribution is 9.10. The molecule has 98 valence electrons. The lowest BCUT2D eigenvalue weighted by Gasteiger charge is -2.05. The number of sulfonamides is 1. The van der Waals surface area contributed by atoms with Crippen molar-refractivity contribution in [2.75, 3.05) is 18.6 Å². The molecule has 9 heteroatoms. The van der Waals surface area contributed by atoms with Crippen LogP contribution in [-0.4, -0.2) is 27.0 Å². The van der Waals surface area contributed by atoms with E-state index in [0.29, 0.717) is 15.4 Å². The number of thioether (sulfide) groups is 1. The molecule has 0 aliphatic carbocycles. The SMILES string of the molecule is CSCCCNS(=O)(=O)c1c(Cl)sc(Cl)c1Br. The molecule has 3 nitrogen and oxygen atoms in total. The summed E-state index contributed by atoms with van der Waals surface area (Å²) in [5.74, 6) is 0.905. The van der Waals surface area contributed by atoms with Gasteiger partial charge >= 0.3 is 0 Å². The van der Waals surface area contributed by atoms with Crippen LogP contribution in [0.4, 0.5) is 0 Å². The third-order valence-electron chi connectivity index (χ3n) is 1.82. The van der Waals surface area contributed by atoms with Crippen molar-refractivity contribution in [3.63, 3.8) is 0 Å². The molecule has 0 fully saturated rings. The molecule has 1 rings (SSSR count). The minimum absolute atomic E-state index is 0.0262. The molecule has 0 saturated carbocycles. The minimum atomic E-state index is -3.59. The molecule has 0 aliphatic rings. The number of nitrogens with one attached hydrogen (secondary N) is 1. The second-order valence-electron chi connectivity index (χ2n) is 3.04. The van der Waals surface area contributed by atoms with Gasteiger partial charge in [-0.25, -0.2) is 13.1 Å². The lowest BCUT2D eigenvalue weighted by molar-refractivity contribution is 0.581. The maximum absolute atomic E-state index is 12.0. The van der Waals surface area contributed by atoms with Crippen LogP contribution in [0.1, 0.15) is 6.42 Å². The Morgan fingerprint density at radius 2 is 2.06 bits per heavy atom. The molecule has 1 N–H and O–H groups in total. The van der Waals surface area contributed by atoms with Crippen molar-refractivity contribution >= 4 is 72.3 Å². The molecule has 0 atom stereocenters. The van der Waals surface area contributed by atoms with Crippen LogP contribution in [0.5, 0.6) is 0 Å². The summed E-state index contributed by atoms with van der Waals surface area (Å²) in [5.41, 5.74) is 0. The molecule has 1 aromatic rings. The van der Waals surface area contributed by atoms with E-state index in [1.165, 1.54) is 0 Å². The van der Waals surface area contributed by atoms with Gasteiger partial charge in [-0.2, -0.15) is 11.8 Å². The molecular weight excluding hydrogens is 389 g/mol. The van der Waals surface area contributed by atoms with E-state index in [-0.39, 0.29) is 9.23 Å². The zero-order chi connectivity index (χ0) is 13.1. The van der Waals surface area contributed by atoms with Crippen molar-refractivity contribution in [2.45, 2.75) is 11.3 Å². The van der Waals surface area contributed by atoms with Crippen LogP contribution in [0.15, 0.2) is 9.37 Å². The molecule has 0 unspecified atom stereocenters. The Bertz CT molecular complexity index is 489. The van der Waals surface area contributed by atoms with E-state index in [2.05, 4.69) is 20.7 Å². The van der Waals surface area contributed by atoms with Crippen LogP contribution >= 0.6 is 62.2 Å². The van der Waals surface area contributed by atoms with E-state index in [1.54, 1.807) is 11.8 Å². The number of thiophene rings is 1. The predicted octanol–water partition coefficient (Wildman–Crippen LogP) is 3.85. The number of hydrogen-bond acceptors (Lipinski definition) is 4. The van der Waals surface area contributed by atoms with E-state index in [4.69, 9.17) is 23.2 Å². The van der Waals surface area contributed by atoms with Gasteiger partial charge in [0.2, 0.25) is 10.0 Å². The van der Waals surface area contributed by atoms with Crippen LogP contribution < -0.4 is 4.72 Å². The highest BCUT2D eigenvalue weighted by atomic mass is 79.9. The first-order valence-electron chi connectivity index (χ1n) is 4.52. The fourth-order valence-electron chi connectivity index (χ4n) is 1.06. The van der Waals surface area contributed by atoms with Crippen LogP contribution in [0.25, 0.3) is 0 Å². The number of rotatable bonds is 6. The Morgan fingerprint density at radius 1 is 1.41 bits per heavy atom. The van der Waals surface area contributed by atoms with E-state index in [1.807, 2.05) is 6.26 Å². The molecule has 0 aromatic carbocycles. The van der Waals surface area contributed by atoms with Gasteiger partial charge < -0.3 is 0 Å². The number of hydrogen-bond donors (Lipinski definition) is 1. The zero-order valence-electron chi connectivity index (χ0n) is 8.80. The Labute approximate surface area is 127 Å². The van der Waals surface area contributed by atoms with Gasteiger partial charge in [-0.3, -0.25) is 0 Å². The largest absolute Gasteiger partial charge is 0.244 e. The topological polar surface area (TPSA) is 46.2 Å². The van der Waals surface area contributed by atoms with Crippen LogP contribution in [-0.2, 0) is 10.0 Å². The summed E-state index contributed by atoms with van der Waals surface area (Å²) < 4.78 is 27.3. The lowest BCUT2D eigenvalue weighted by atomic mass is 10.5. The maximum atomic E-state index is 12.0.